The predicted molar refractivity (Wildman–Crippen MR) is 74.7 cm³/mol. The first kappa shape index (κ1) is 13.7. The maximum Gasteiger partial charge on any atom is 0.409 e. The van der Waals surface area contributed by atoms with E-state index >= 15 is 0 Å². The van der Waals surface area contributed by atoms with Crippen LogP contribution in [-0.2, 0) is 9.53 Å². The van der Waals surface area contributed by atoms with E-state index in [4.69, 9.17) is 4.74 Å². The quantitative estimate of drug-likeness (QED) is 0.371. The van der Waals surface area contributed by atoms with Crippen molar-refractivity contribution in [1.82, 2.24) is 0 Å². The van der Waals surface area contributed by atoms with Gasteiger partial charge in [-0.1, -0.05) is 42.5 Å². The van der Waals surface area contributed by atoms with Crippen molar-refractivity contribution < 1.29 is 14.5 Å². The summed E-state index contributed by atoms with van der Waals surface area (Å²) in [6.07, 6.45) is 1.25. The highest BCUT2D eigenvalue weighted by atomic mass is 16.6. The van der Waals surface area contributed by atoms with Crippen LogP contribution in [0.1, 0.15) is 12.5 Å². The summed E-state index contributed by atoms with van der Waals surface area (Å²) >= 11 is 0. The summed E-state index contributed by atoms with van der Waals surface area (Å²) in [5.41, 5.74) is 1.85. The number of nitro groups is 1. The molecule has 0 bridgehead atoms. The SMILES string of the molecule is CCOC(=O)/C(=C\c1ccc2cccccc1-2)[N+](=O)[O-]. The van der Waals surface area contributed by atoms with E-state index in [9.17, 15) is 14.9 Å². The van der Waals surface area contributed by atoms with Gasteiger partial charge in [0.05, 0.1) is 11.5 Å². The van der Waals surface area contributed by atoms with Gasteiger partial charge in [0.2, 0.25) is 0 Å². The maximum absolute atomic E-state index is 11.6. The van der Waals surface area contributed by atoms with Crippen LogP contribution in [0.25, 0.3) is 17.2 Å². The van der Waals surface area contributed by atoms with Gasteiger partial charge in [-0.3, -0.25) is 10.1 Å². The van der Waals surface area contributed by atoms with Crippen LogP contribution in [0.15, 0.2) is 48.2 Å². The number of fused-ring (bicyclic) bond motifs is 1. The van der Waals surface area contributed by atoms with Crippen LogP contribution in [0, 0.1) is 10.1 Å². The molecular weight excluding hydrogens is 258 g/mol. The van der Waals surface area contributed by atoms with Crippen LogP contribution in [-0.4, -0.2) is 17.5 Å². The van der Waals surface area contributed by atoms with E-state index in [0.717, 1.165) is 11.1 Å². The van der Waals surface area contributed by atoms with Crippen LogP contribution in [0.2, 0.25) is 0 Å². The Morgan fingerprint density at radius 1 is 1.25 bits per heavy atom. The van der Waals surface area contributed by atoms with Crippen molar-refractivity contribution in [1.29, 1.82) is 0 Å². The maximum atomic E-state index is 11.6. The van der Waals surface area contributed by atoms with Gasteiger partial charge in [0.1, 0.15) is 0 Å². The fourth-order valence-electron chi connectivity index (χ4n) is 1.90. The number of hydrogen-bond donors (Lipinski definition) is 0. The highest BCUT2D eigenvalue weighted by molar-refractivity contribution is 5.93. The lowest BCUT2D eigenvalue weighted by molar-refractivity contribution is -0.419. The largest absolute Gasteiger partial charge is 0.458 e. The minimum atomic E-state index is -0.924. The molecule has 0 saturated carbocycles. The highest BCUT2D eigenvalue weighted by Crippen LogP contribution is 2.28. The summed E-state index contributed by atoms with van der Waals surface area (Å²) in [7, 11) is 0. The summed E-state index contributed by atoms with van der Waals surface area (Å²) < 4.78 is 4.70. The minimum absolute atomic E-state index is 0.0979. The van der Waals surface area contributed by atoms with Gasteiger partial charge < -0.3 is 4.74 Å². The van der Waals surface area contributed by atoms with Crippen molar-refractivity contribution in [2.24, 2.45) is 0 Å². The van der Waals surface area contributed by atoms with Gasteiger partial charge in [0, 0.05) is 6.08 Å². The normalized spacial score (nSPS) is 11.3. The average Bonchev–Trinajstić information content (AvgIpc) is 2.63. The molecule has 0 amide bonds. The molecule has 2 aliphatic carbocycles. The van der Waals surface area contributed by atoms with Gasteiger partial charge in [-0.2, -0.15) is 0 Å². The number of carbonyl (C=O) groups excluding carboxylic acids is 1. The number of hydrogen-bond acceptors (Lipinski definition) is 4. The monoisotopic (exact) mass is 271 g/mol. The lowest BCUT2D eigenvalue weighted by Crippen LogP contribution is -2.14. The van der Waals surface area contributed by atoms with E-state index in [1.54, 1.807) is 13.0 Å². The second kappa shape index (κ2) is 5.97. The molecule has 0 spiro atoms. The van der Waals surface area contributed by atoms with E-state index in [1.165, 1.54) is 6.08 Å². The Labute approximate surface area is 116 Å². The molecule has 0 aromatic rings. The summed E-state index contributed by atoms with van der Waals surface area (Å²) in [5.74, 6) is -0.924. The molecule has 0 unspecified atom stereocenters. The zero-order valence-corrected chi connectivity index (χ0v) is 10.9. The van der Waals surface area contributed by atoms with Gasteiger partial charge in [-0.25, -0.2) is 4.79 Å². The van der Waals surface area contributed by atoms with Crippen LogP contribution < -0.4 is 0 Å². The second-order valence-corrected chi connectivity index (χ2v) is 4.08. The molecule has 20 heavy (non-hydrogen) atoms. The Hall–Kier alpha value is -2.69. The fourth-order valence-corrected chi connectivity index (χ4v) is 1.90. The molecule has 5 heteroatoms. The molecule has 0 radical (unpaired) electrons. The Bertz CT molecular complexity index is 648. The molecule has 0 aliphatic heterocycles. The lowest BCUT2D eigenvalue weighted by Gasteiger charge is -2.00. The first-order valence-electron chi connectivity index (χ1n) is 6.14. The molecule has 2 aliphatic rings. The van der Waals surface area contributed by atoms with Crippen molar-refractivity contribution in [3.05, 3.63) is 63.8 Å². The Kier molecular flexibility index (Phi) is 4.10. The molecule has 0 fully saturated rings. The van der Waals surface area contributed by atoms with Crippen molar-refractivity contribution in [2.45, 2.75) is 6.92 Å². The number of rotatable bonds is 4. The predicted octanol–water partition coefficient (Wildman–Crippen LogP) is 2.97. The molecule has 0 saturated heterocycles. The van der Waals surface area contributed by atoms with Crippen LogP contribution in [0.4, 0.5) is 0 Å². The Morgan fingerprint density at radius 3 is 2.70 bits per heavy atom. The molecule has 5 nitrogen and oxygen atoms in total. The molecule has 0 aromatic carbocycles. The molecule has 0 heterocycles. The Morgan fingerprint density at radius 2 is 2.00 bits per heavy atom. The van der Waals surface area contributed by atoms with E-state index < -0.39 is 16.6 Å². The molecule has 2 rings (SSSR count). The summed E-state index contributed by atoms with van der Waals surface area (Å²) in [5, 5.41) is 11.0. The van der Waals surface area contributed by atoms with Gasteiger partial charge in [-0.15, -0.1) is 0 Å². The average molecular weight is 271 g/mol. The molecular formula is C15H13NO4. The van der Waals surface area contributed by atoms with Crippen LogP contribution in [0.5, 0.6) is 0 Å². The number of nitrogens with zero attached hydrogens (tertiary/aromatic N) is 1. The molecule has 102 valence electrons. The standard InChI is InChI=1S/C15H13NO4/c1-2-20-15(17)14(16(18)19)10-12-9-8-11-6-4-3-5-7-13(11)12/h3-10H,2H2,1H3/b14-10+. The molecule has 0 atom stereocenters. The van der Waals surface area contributed by atoms with Crippen LogP contribution >= 0.6 is 0 Å². The number of carbonyl (C=O) groups is 1. The lowest BCUT2D eigenvalue weighted by atomic mass is 10.1. The third kappa shape index (κ3) is 2.83. The van der Waals surface area contributed by atoms with Crippen molar-refractivity contribution in [2.75, 3.05) is 6.61 Å². The van der Waals surface area contributed by atoms with Crippen LogP contribution in [0.3, 0.4) is 0 Å². The zero-order chi connectivity index (χ0) is 14.5. The summed E-state index contributed by atoms with van der Waals surface area (Å²) in [4.78, 5) is 21.8. The van der Waals surface area contributed by atoms with Gasteiger partial charge in [0.25, 0.3) is 0 Å². The number of esters is 1. The summed E-state index contributed by atoms with van der Waals surface area (Å²) in [6, 6.07) is 12.9. The van der Waals surface area contributed by atoms with E-state index in [-0.39, 0.29) is 6.61 Å². The number of ether oxygens (including phenoxy) is 1. The zero-order valence-electron chi connectivity index (χ0n) is 10.9. The third-order valence-corrected chi connectivity index (χ3v) is 2.80. The smallest absolute Gasteiger partial charge is 0.409 e. The topological polar surface area (TPSA) is 69.4 Å². The van der Waals surface area contributed by atoms with Gasteiger partial charge in [0.15, 0.2) is 0 Å². The van der Waals surface area contributed by atoms with E-state index in [2.05, 4.69) is 0 Å². The summed E-state index contributed by atoms with van der Waals surface area (Å²) in [6.45, 7) is 1.70. The van der Waals surface area contributed by atoms with Gasteiger partial charge >= 0.3 is 11.7 Å². The van der Waals surface area contributed by atoms with E-state index in [0.29, 0.717) is 5.56 Å². The first-order chi connectivity index (χ1) is 9.63. The Balaban J connectivity index is 2.46. The van der Waals surface area contributed by atoms with E-state index in [1.807, 2.05) is 36.4 Å². The highest BCUT2D eigenvalue weighted by Gasteiger charge is 2.24. The minimum Gasteiger partial charge on any atom is -0.458 e. The molecule has 0 aromatic heterocycles. The third-order valence-electron chi connectivity index (χ3n) is 2.80. The molecule has 0 N–H and O–H groups in total. The van der Waals surface area contributed by atoms with Crippen molar-refractivity contribution in [3.8, 4) is 11.1 Å². The van der Waals surface area contributed by atoms with Crippen molar-refractivity contribution in [3.63, 3.8) is 0 Å². The first-order valence-corrected chi connectivity index (χ1v) is 6.14. The van der Waals surface area contributed by atoms with Crippen molar-refractivity contribution >= 4 is 12.0 Å². The fraction of sp³-hybridized carbons (Fsp3) is 0.133. The second-order valence-electron chi connectivity index (χ2n) is 4.08. The van der Waals surface area contributed by atoms with Gasteiger partial charge in [-0.05, 0) is 23.6 Å².